The van der Waals surface area contributed by atoms with E-state index < -0.39 is 4.87 Å². The van der Waals surface area contributed by atoms with Crippen LogP contribution in [0, 0.1) is 6.92 Å². The number of nitrogens with one attached hydrogen (secondary N) is 3. The third-order valence-electron chi connectivity index (χ3n) is 4.74. The first-order valence-corrected chi connectivity index (χ1v) is 10.2. The van der Waals surface area contributed by atoms with Crippen molar-refractivity contribution in [1.82, 2.24) is 25.5 Å². The number of anilines is 1. The van der Waals surface area contributed by atoms with Crippen molar-refractivity contribution in [2.75, 3.05) is 31.5 Å². The number of hydrogen-bond donors (Lipinski definition) is 3. The van der Waals surface area contributed by atoms with Crippen LogP contribution < -0.4 is 16.0 Å². The summed E-state index contributed by atoms with van der Waals surface area (Å²) in [5, 5.41) is 11.5. The molecule has 28 heavy (non-hydrogen) atoms. The Kier molecular flexibility index (Phi) is 5.38. The first-order valence-electron chi connectivity index (χ1n) is 9.32. The Morgan fingerprint density at radius 3 is 3.07 bits per heavy atom. The van der Waals surface area contributed by atoms with Gasteiger partial charge in [0.1, 0.15) is 17.3 Å². The van der Waals surface area contributed by atoms with Crippen molar-refractivity contribution in [2.45, 2.75) is 24.8 Å². The molecule has 0 aromatic carbocycles. The Bertz CT molecular complexity index is 875. The van der Waals surface area contributed by atoms with Gasteiger partial charge in [-0.2, -0.15) is 0 Å². The van der Waals surface area contributed by atoms with Gasteiger partial charge in [0, 0.05) is 38.1 Å². The summed E-state index contributed by atoms with van der Waals surface area (Å²) >= 11 is 1.53. The van der Waals surface area contributed by atoms with Crippen LogP contribution in [0.25, 0.3) is 0 Å². The molecule has 2 atom stereocenters. The van der Waals surface area contributed by atoms with E-state index in [4.69, 9.17) is 4.42 Å². The minimum Gasteiger partial charge on any atom is -0.462 e. The van der Waals surface area contributed by atoms with Crippen LogP contribution in [0.15, 0.2) is 40.4 Å². The average molecular weight is 401 g/mol. The largest absolute Gasteiger partial charge is 0.462 e. The van der Waals surface area contributed by atoms with Gasteiger partial charge in [-0.15, -0.1) is 0 Å². The molecule has 0 aliphatic carbocycles. The maximum Gasteiger partial charge on any atom is 0.239 e. The molecule has 2 aromatic heterocycles. The normalized spacial score (nSPS) is 24.9. The fourth-order valence-electron chi connectivity index (χ4n) is 3.44. The van der Waals surface area contributed by atoms with Crippen molar-refractivity contribution in [1.29, 1.82) is 0 Å². The highest BCUT2D eigenvalue weighted by atomic mass is 32.2. The van der Waals surface area contributed by atoms with E-state index >= 15 is 0 Å². The predicted octanol–water partition coefficient (Wildman–Crippen LogP) is 1.62. The Labute approximate surface area is 168 Å². The standard InChI is InChI=1S/C19H24N6O2S/c1-13-11-25(9-7-20-13)12-17(26)23-16-5-6-21-18(24-16)19(22-8-10-28-19)15-4-3-14(2)27-15/h3-6,8,10,13,20,22H,7,9,11-12H2,1-2H3,(H,21,23,24,26)/t13-,19?/m1/s1. The van der Waals surface area contributed by atoms with Gasteiger partial charge in [-0.25, -0.2) is 9.97 Å². The van der Waals surface area contributed by atoms with Crippen LogP contribution in [0.4, 0.5) is 5.82 Å². The molecular formula is C19H24N6O2S. The summed E-state index contributed by atoms with van der Waals surface area (Å²) in [6.45, 7) is 6.99. The highest BCUT2D eigenvalue weighted by Crippen LogP contribution is 2.43. The molecule has 1 unspecified atom stereocenters. The molecule has 0 radical (unpaired) electrons. The van der Waals surface area contributed by atoms with Crippen LogP contribution in [0.1, 0.15) is 24.3 Å². The van der Waals surface area contributed by atoms with Gasteiger partial charge in [0.25, 0.3) is 0 Å². The van der Waals surface area contributed by atoms with Crippen LogP contribution in [0.5, 0.6) is 0 Å². The fraction of sp³-hybridized carbons (Fsp3) is 0.421. The van der Waals surface area contributed by atoms with Gasteiger partial charge in [0.2, 0.25) is 10.8 Å². The summed E-state index contributed by atoms with van der Waals surface area (Å²) < 4.78 is 5.85. The Morgan fingerprint density at radius 2 is 2.36 bits per heavy atom. The quantitative estimate of drug-likeness (QED) is 0.697. The lowest BCUT2D eigenvalue weighted by Crippen LogP contribution is -2.51. The van der Waals surface area contributed by atoms with Crippen molar-refractivity contribution in [2.24, 2.45) is 0 Å². The van der Waals surface area contributed by atoms with E-state index in [1.807, 2.05) is 30.7 Å². The topological polar surface area (TPSA) is 95.3 Å². The van der Waals surface area contributed by atoms with E-state index in [1.165, 1.54) is 11.8 Å². The van der Waals surface area contributed by atoms with Crippen LogP contribution in [0.3, 0.4) is 0 Å². The molecule has 9 heteroatoms. The van der Waals surface area contributed by atoms with Crippen molar-refractivity contribution in [3.05, 3.63) is 53.3 Å². The molecule has 4 heterocycles. The fourth-order valence-corrected chi connectivity index (χ4v) is 4.35. The van der Waals surface area contributed by atoms with Crippen molar-refractivity contribution < 1.29 is 9.21 Å². The molecule has 8 nitrogen and oxygen atoms in total. The second-order valence-electron chi connectivity index (χ2n) is 7.06. The summed E-state index contributed by atoms with van der Waals surface area (Å²) in [7, 11) is 0. The van der Waals surface area contributed by atoms with Gasteiger partial charge in [-0.05, 0) is 37.5 Å². The van der Waals surface area contributed by atoms with E-state index in [0.29, 0.717) is 24.2 Å². The molecule has 2 aliphatic heterocycles. The number of piperazine rings is 1. The number of furan rings is 1. The predicted molar refractivity (Wildman–Crippen MR) is 109 cm³/mol. The second-order valence-corrected chi connectivity index (χ2v) is 8.18. The average Bonchev–Trinajstić information content (AvgIpc) is 3.32. The van der Waals surface area contributed by atoms with E-state index in [9.17, 15) is 4.79 Å². The zero-order chi connectivity index (χ0) is 19.6. The number of rotatable bonds is 5. The number of amides is 1. The third-order valence-corrected chi connectivity index (χ3v) is 5.87. The van der Waals surface area contributed by atoms with Gasteiger partial charge in [-0.3, -0.25) is 9.69 Å². The lowest BCUT2D eigenvalue weighted by Gasteiger charge is -2.31. The van der Waals surface area contributed by atoms with E-state index in [-0.39, 0.29) is 5.91 Å². The molecule has 3 N–H and O–H groups in total. The molecule has 2 aliphatic rings. The van der Waals surface area contributed by atoms with E-state index in [0.717, 1.165) is 31.2 Å². The number of hydrogen-bond acceptors (Lipinski definition) is 8. The molecule has 0 bridgehead atoms. The molecule has 0 saturated carbocycles. The first-order chi connectivity index (χ1) is 13.5. The molecule has 148 valence electrons. The molecule has 0 spiro atoms. The Balaban J connectivity index is 1.50. The minimum atomic E-state index is -0.733. The van der Waals surface area contributed by atoms with Gasteiger partial charge in [0.05, 0.1) is 6.54 Å². The number of carbonyl (C=O) groups is 1. The lowest BCUT2D eigenvalue weighted by atomic mass is 10.2. The summed E-state index contributed by atoms with van der Waals surface area (Å²) in [4.78, 5) is 22.9. The van der Waals surface area contributed by atoms with E-state index in [1.54, 1.807) is 12.3 Å². The first kappa shape index (κ1) is 19.0. The van der Waals surface area contributed by atoms with Gasteiger partial charge < -0.3 is 20.4 Å². The smallest absolute Gasteiger partial charge is 0.239 e. The van der Waals surface area contributed by atoms with Crippen LogP contribution in [-0.4, -0.2) is 53.0 Å². The van der Waals surface area contributed by atoms with Crippen molar-refractivity contribution in [3.63, 3.8) is 0 Å². The number of nitrogens with zero attached hydrogens (tertiary/aromatic N) is 3. The highest BCUT2D eigenvalue weighted by Gasteiger charge is 2.42. The van der Waals surface area contributed by atoms with Gasteiger partial charge in [-0.1, -0.05) is 11.8 Å². The van der Waals surface area contributed by atoms with Crippen molar-refractivity contribution >= 4 is 23.5 Å². The molecule has 1 fully saturated rings. The molecule has 1 amide bonds. The number of aryl methyl sites for hydroxylation is 1. The van der Waals surface area contributed by atoms with Crippen LogP contribution >= 0.6 is 11.8 Å². The van der Waals surface area contributed by atoms with Gasteiger partial charge >= 0.3 is 0 Å². The second kappa shape index (κ2) is 7.94. The molecule has 2 aromatic rings. The van der Waals surface area contributed by atoms with Crippen LogP contribution in [0.2, 0.25) is 0 Å². The Hall–Kier alpha value is -2.36. The van der Waals surface area contributed by atoms with Gasteiger partial charge in [0.15, 0.2) is 5.82 Å². The van der Waals surface area contributed by atoms with Crippen molar-refractivity contribution in [3.8, 4) is 0 Å². The highest BCUT2D eigenvalue weighted by molar-refractivity contribution is 8.03. The molecular weight excluding hydrogens is 376 g/mol. The van der Waals surface area contributed by atoms with E-state index in [2.05, 4.69) is 37.7 Å². The van der Waals surface area contributed by atoms with Crippen LogP contribution in [-0.2, 0) is 9.67 Å². The minimum absolute atomic E-state index is 0.0770. The number of aromatic nitrogens is 2. The Morgan fingerprint density at radius 1 is 1.46 bits per heavy atom. The summed E-state index contributed by atoms with van der Waals surface area (Å²) in [6, 6.07) is 5.93. The third kappa shape index (κ3) is 3.91. The summed E-state index contributed by atoms with van der Waals surface area (Å²) in [5.41, 5.74) is 0. The summed E-state index contributed by atoms with van der Waals surface area (Å²) in [6.07, 6.45) is 3.51. The monoisotopic (exact) mass is 400 g/mol. The zero-order valence-electron chi connectivity index (χ0n) is 15.9. The maximum atomic E-state index is 12.5. The zero-order valence-corrected chi connectivity index (χ0v) is 16.8. The lowest BCUT2D eigenvalue weighted by molar-refractivity contribution is -0.117. The maximum absolute atomic E-state index is 12.5. The summed E-state index contributed by atoms with van der Waals surface area (Å²) in [5.74, 6) is 2.48. The molecule has 4 rings (SSSR count). The number of carbonyl (C=O) groups excluding carboxylic acids is 1. The molecule has 1 saturated heterocycles. The number of thioether (sulfide) groups is 1. The SMILES string of the molecule is Cc1ccc(C2(c3nccc(NC(=O)CN4CCN[C@H](C)C4)n3)NC=CS2)o1.